The molecule has 0 spiro atoms. The van der Waals surface area contributed by atoms with Crippen LogP contribution in [0.15, 0.2) is 309 Å². The number of hydrogen-bond donors (Lipinski definition) is 0. The molecule has 0 N–H and O–H groups in total. The number of allylic oxidation sites excluding steroid dienone is 2. The number of benzene rings is 12. The third kappa shape index (κ3) is 7.74. The van der Waals surface area contributed by atoms with Gasteiger partial charge in [-0.1, -0.05) is 182 Å². The molecule has 0 bridgehead atoms. The van der Waals surface area contributed by atoms with Crippen LogP contribution in [0, 0.1) is 0 Å². The van der Waals surface area contributed by atoms with Gasteiger partial charge in [-0.2, -0.15) is 0 Å². The summed E-state index contributed by atoms with van der Waals surface area (Å²) in [6.07, 6.45) is 7.38. The van der Waals surface area contributed by atoms with Gasteiger partial charge in [-0.3, -0.25) is 4.57 Å². The van der Waals surface area contributed by atoms with Gasteiger partial charge in [0.1, 0.15) is 5.82 Å². The van der Waals surface area contributed by atoms with Crippen molar-refractivity contribution in [3.05, 3.63) is 321 Å². The molecule has 2 unspecified atom stereocenters. The van der Waals surface area contributed by atoms with E-state index in [1.54, 1.807) is 0 Å². The molecule has 5 heteroatoms. The van der Waals surface area contributed by atoms with E-state index in [2.05, 4.69) is 328 Å². The summed E-state index contributed by atoms with van der Waals surface area (Å²) in [6, 6.07) is 106. The van der Waals surface area contributed by atoms with Crippen LogP contribution in [-0.4, -0.2) is 24.7 Å². The quantitative estimate of drug-likeness (QED) is 0.144. The van der Waals surface area contributed by atoms with Gasteiger partial charge in [-0.15, -0.1) is 0 Å². The molecule has 1 aliphatic heterocycles. The Balaban J connectivity index is 0.794. The van der Waals surface area contributed by atoms with Gasteiger partial charge < -0.3 is 14.0 Å². The Hall–Kier alpha value is -11.0. The Bertz CT molecular complexity index is 5110. The lowest BCUT2D eigenvalue weighted by molar-refractivity contribution is 0.747. The SMILES string of the molecule is C1=CC2C(C=C1c1ccc3c(c1)c1cc(-c4ccccc4)ccc1n3-c1ccc(-c3nc4ccccc4n3-c3ccccc3)cc1)c1cc(-c3ccccc3)ccc1N2c1ccc2c(c1)c1cc(-c3ccccc3)ccc1n2-c1ccccc1. The summed E-state index contributed by atoms with van der Waals surface area (Å²) in [4.78, 5) is 7.79. The Morgan fingerprint density at radius 2 is 0.726 bits per heavy atom. The summed E-state index contributed by atoms with van der Waals surface area (Å²) in [5.74, 6) is 1.00. The maximum absolute atomic E-state index is 5.20. The Kier molecular flexibility index (Phi) is 11.0. The largest absolute Gasteiger partial charge is 0.333 e. The molecule has 0 amide bonds. The Morgan fingerprint density at radius 1 is 0.298 bits per heavy atom. The molecule has 3 aromatic heterocycles. The Labute approximate surface area is 486 Å². The van der Waals surface area contributed by atoms with Crippen molar-refractivity contribution in [1.82, 2.24) is 18.7 Å². The molecule has 2 aliphatic rings. The average molecular weight is 1070 g/mol. The second-order valence-electron chi connectivity index (χ2n) is 22.3. The van der Waals surface area contributed by atoms with Crippen molar-refractivity contribution in [1.29, 1.82) is 0 Å². The fourth-order valence-electron chi connectivity index (χ4n) is 13.6. The highest BCUT2D eigenvalue weighted by molar-refractivity contribution is 6.13. The van der Waals surface area contributed by atoms with Gasteiger partial charge in [0.05, 0.1) is 39.1 Å². The number of anilines is 2. The van der Waals surface area contributed by atoms with Crippen molar-refractivity contribution in [2.45, 2.75) is 12.0 Å². The van der Waals surface area contributed by atoms with Gasteiger partial charge in [-0.05, 0) is 177 Å². The van der Waals surface area contributed by atoms with E-state index < -0.39 is 0 Å². The maximum atomic E-state index is 5.20. The molecule has 84 heavy (non-hydrogen) atoms. The van der Waals surface area contributed by atoms with E-state index in [0.29, 0.717) is 0 Å². The maximum Gasteiger partial charge on any atom is 0.145 e. The van der Waals surface area contributed by atoms with Crippen LogP contribution in [0.1, 0.15) is 17.0 Å². The summed E-state index contributed by atoms with van der Waals surface area (Å²) in [5, 5.41) is 4.89. The molecule has 394 valence electrons. The standard InChI is InChI=1S/C79H53N5/c1-6-18-52(19-7-1)56-32-40-72-65(46-56)67-49-59(35-43-73(67)82(72)63-37-30-55(31-38-63)79-80-71-28-16-17-29-78(71)84(79)62-26-14-5-15-27-62)60-36-44-76-68(50-60)66-47-57(53-20-8-2-9-21-53)34-42-75(66)83(76)64-39-45-77-70(51-64)69-48-58(54-22-10-3-11-23-54)33-41-74(69)81(77)61-24-12-4-13-25-61/h1-51,68,76H. The minimum Gasteiger partial charge on any atom is -0.333 e. The first-order valence-electron chi connectivity index (χ1n) is 29.0. The molecule has 4 heterocycles. The highest BCUT2D eigenvalue weighted by atomic mass is 15.2. The molecular weight excluding hydrogens is 1020 g/mol. The monoisotopic (exact) mass is 1070 g/mol. The molecule has 5 nitrogen and oxygen atoms in total. The summed E-state index contributed by atoms with van der Waals surface area (Å²) in [5.41, 5.74) is 24.5. The predicted octanol–water partition coefficient (Wildman–Crippen LogP) is 20.1. The number of hydrogen-bond acceptors (Lipinski definition) is 2. The first-order chi connectivity index (χ1) is 41.6. The van der Waals surface area contributed by atoms with Gasteiger partial charge in [0.2, 0.25) is 0 Å². The topological polar surface area (TPSA) is 30.9 Å². The van der Waals surface area contributed by atoms with Gasteiger partial charge >= 0.3 is 0 Å². The van der Waals surface area contributed by atoms with E-state index >= 15 is 0 Å². The normalized spacial score (nSPS) is 14.7. The third-order valence-electron chi connectivity index (χ3n) is 17.6. The molecule has 17 rings (SSSR count). The van der Waals surface area contributed by atoms with E-state index in [-0.39, 0.29) is 12.0 Å². The highest BCUT2D eigenvalue weighted by Gasteiger charge is 2.39. The first kappa shape index (κ1) is 47.8. The van der Waals surface area contributed by atoms with Crippen molar-refractivity contribution >= 4 is 71.6 Å². The van der Waals surface area contributed by atoms with Crippen LogP contribution in [0.3, 0.4) is 0 Å². The van der Waals surface area contributed by atoms with E-state index in [1.807, 2.05) is 0 Å². The summed E-state index contributed by atoms with van der Waals surface area (Å²) in [6.45, 7) is 0. The Morgan fingerprint density at radius 3 is 1.31 bits per heavy atom. The fraction of sp³-hybridized carbons (Fsp3) is 0.0253. The molecule has 0 saturated heterocycles. The van der Waals surface area contributed by atoms with Gasteiger partial charge in [0.25, 0.3) is 0 Å². The van der Waals surface area contributed by atoms with E-state index in [0.717, 1.165) is 50.5 Å². The molecular formula is C79H53N5. The van der Waals surface area contributed by atoms with Crippen LogP contribution in [-0.2, 0) is 0 Å². The van der Waals surface area contributed by atoms with Crippen molar-refractivity contribution in [2.75, 3.05) is 4.90 Å². The number of aromatic nitrogens is 4. The van der Waals surface area contributed by atoms with Crippen molar-refractivity contribution < 1.29 is 0 Å². The summed E-state index contributed by atoms with van der Waals surface area (Å²) in [7, 11) is 0. The lowest BCUT2D eigenvalue weighted by Gasteiger charge is -2.30. The van der Waals surface area contributed by atoms with E-state index in [4.69, 9.17) is 4.98 Å². The first-order valence-corrected chi connectivity index (χ1v) is 29.0. The smallest absolute Gasteiger partial charge is 0.145 e. The number of rotatable bonds is 9. The van der Waals surface area contributed by atoms with Crippen molar-refractivity contribution in [2.24, 2.45) is 0 Å². The highest BCUT2D eigenvalue weighted by Crippen LogP contribution is 2.52. The number of imidazole rings is 1. The third-order valence-corrected chi connectivity index (χ3v) is 17.6. The zero-order valence-corrected chi connectivity index (χ0v) is 45.8. The zero-order valence-electron chi connectivity index (χ0n) is 45.8. The van der Waals surface area contributed by atoms with E-state index in [9.17, 15) is 0 Å². The van der Waals surface area contributed by atoms with Crippen molar-refractivity contribution in [3.8, 4) is 61.8 Å². The number of fused-ring (bicyclic) bond motifs is 10. The summed E-state index contributed by atoms with van der Waals surface area (Å²) < 4.78 is 7.12. The fourth-order valence-corrected chi connectivity index (χ4v) is 13.6. The van der Waals surface area contributed by atoms with Crippen molar-refractivity contribution in [3.63, 3.8) is 0 Å². The van der Waals surface area contributed by atoms with Crippen LogP contribution in [0.5, 0.6) is 0 Å². The van der Waals surface area contributed by atoms with Gasteiger partial charge in [0, 0.05) is 61.5 Å². The lowest BCUT2D eigenvalue weighted by atomic mass is 9.85. The summed E-state index contributed by atoms with van der Waals surface area (Å²) >= 11 is 0. The molecule has 15 aromatic rings. The van der Waals surface area contributed by atoms with Crippen LogP contribution in [0.25, 0.3) is 122 Å². The minimum atomic E-state index is 0.0563. The molecule has 2 atom stereocenters. The number of nitrogens with zero attached hydrogens (tertiary/aromatic N) is 5. The zero-order chi connectivity index (χ0) is 55.2. The minimum absolute atomic E-state index is 0.0563. The van der Waals surface area contributed by atoms with Crippen LogP contribution < -0.4 is 4.90 Å². The van der Waals surface area contributed by atoms with Gasteiger partial charge in [-0.25, -0.2) is 4.98 Å². The second kappa shape index (κ2) is 19.3. The predicted molar refractivity (Wildman–Crippen MR) is 350 cm³/mol. The second-order valence-corrected chi connectivity index (χ2v) is 22.3. The van der Waals surface area contributed by atoms with Crippen LogP contribution in [0.2, 0.25) is 0 Å². The molecule has 1 aliphatic carbocycles. The molecule has 0 saturated carbocycles. The van der Waals surface area contributed by atoms with Crippen LogP contribution in [0.4, 0.5) is 11.4 Å². The molecule has 0 radical (unpaired) electrons. The lowest BCUT2D eigenvalue weighted by Crippen LogP contribution is -2.28. The average Bonchev–Trinajstić information content (AvgIpc) is 2.51. The molecule has 12 aromatic carbocycles. The van der Waals surface area contributed by atoms with Gasteiger partial charge in [0.15, 0.2) is 0 Å². The molecule has 0 fully saturated rings. The van der Waals surface area contributed by atoms with Crippen LogP contribution >= 0.6 is 0 Å². The number of para-hydroxylation sites is 4. The van der Waals surface area contributed by atoms with E-state index in [1.165, 1.54) is 94.0 Å².